The number of halogens is 2. The fraction of sp³-hybridized carbons (Fsp3) is 0.500. The molecule has 0 aromatic heterocycles. The maximum atomic E-state index is 11.4. The van der Waals surface area contributed by atoms with Crippen LogP contribution in [0.15, 0.2) is 30.3 Å². The van der Waals surface area contributed by atoms with Gasteiger partial charge >= 0.3 is 5.97 Å². The number of carboxylic acids is 1. The van der Waals surface area contributed by atoms with Crippen molar-refractivity contribution in [1.29, 1.82) is 0 Å². The monoisotopic (exact) mass is 374 g/mol. The minimum atomic E-state index is -0.667. The molecule has 0 heterocycles. The molecule has 0 unspecified atom stereocenters. The molecular weight excluding hydrogens is 360 g/mol. The largest absolute Gasteiger partial charge is 0.481 e. The highest BCUT2D eigenvalue weighted by Crippen LogP contribution is 2.39. The first-order valence-electron chi connectivity index (χ1n) is 6.12. The summed E-state index contributed by atoms with van der Waals surface area (Å²) in [6.45, 7) is 0. The third-order valence-electron chi connectivity index (χ3n) is 3.63. The molecule has 2 nitrogen and oxygen atoms in total. The third kappa shape index (κ3) is 3.35. The molecular formula is C14H16Br2O2. The van der Waals surface area contributed by atoms with Crippen LogP contribution < -0.4 is 0 Å². The summed E-state index contributed by atoms with van der Waals surface area (Å²) >= 11 is 7.21. The van der Waals surface area contributed by atoms with Crippen LogP contribution in [0.25, 0.3) is 0 Å². The summed E-state index contributed by atoms with van der Waals surface area (Å²) in [7, 11) is 0. The van der Waals surface area contributed by atoms with Gasteiger partial charge in [-0.2, -0.15) is 0 Å². The molecule has 1 fully saturated rings. The second-order valence-electron chi connectivity index (χ2n) is 4.90. The molecule has 1 aromatic carbocycles. The van der Waals surface area contributed by atoms with Gasteiger partial charge in [0, 0.05) is 9.65 Å². The first-order chi connectivity index (χ1) is 8.58. The van der Waals surface area contributed by atoms with Gasteiger partial charge in [-0.25, -0.2) is 0 Å². The molecule has 1 aromatic rings. The van der Waals surface area contributed by atoms with E-state index in [1.807, 2.05) is 18.2 Å². The lowest BCUT2D eigenvalue weighted by Gasteiger charge is -2.35. The Morgan fingerprint density at radius 2 is 1.78 bits per heavy atom. The van der Waals surface area contributed by atoms with Crippen LogP contribution >= 0.6 is 31.9 Å². The predicted molar refractivity (Wildman–Crippen MR) is 79.4 cm³/mol. The molecule has 0 aliphatic heterocycles. The number of alkyl halides is 2. The Bertz CT molecular complexity index is 408. The van der Waals surface area contributed by atoms with Crippen molar-refractivity contribution in [2.45, 2.75) is 28.9 Å². The molecule has 98 valence electrons. The Morgan fingerprint density at radius 1 is 1.17 bits per heavy atom. The van der Waals surface area contributed by atoms with Crippen molar-refractivity contribution in [3.63, 3.8) is 0 Å². The summed E-state index contributed by atoms with van der Waals surface area (Å²) in [6.07, 6.45) is 2.45. The van der Waals surface area contributed by atoms with E-state index in [9.17, 15) is 9.90 Å². The highest BCUT2D eigenvalue weighted by Gasteiger charge is 2.38. The van der Waals surface area contributed by atoms with Gasteiger partial charge in [0.05, 0.1) is 5.92 Å². The molecule has 1 aliphatic rings. The first kappa shape index (κ1) is 14.1. The minimum absolute atomic E-state index is 0.211. The van der Waals surface area contributed by atoms with E-state index in [1.54, 1.807) is 0 Å². The fourth-order valence-electron chi connectivity index (χ4n) is 2.63. The summed E-state index contributed by atoms with van der Waals surface area (Å²) in [5.41, 5.74) is 1.22. The molecule has 1 N–H and O–H groups in total. The second-order valence-corrected chi connectivity index (χ2v) is 7.25. The quantitative estimate of drug-likeness (QED) is 0.814. The molecule has 4 heteroatoms. The van der Waals surface area contributed by atoms with E-state index in [4.69, 9.17) is 0 Å². The van der Waals surface area contributed by atoms with Crippen molar-refractivity contribution < 1.29 is 9.90 Å². The predicted octanol–water partition coefficient (Wildman–Crippen LogP) is 3.87. The van der Waals surface area contributed by atoms with Crippen LogP contribution in [0.3, 0.4) is 0 Å². The zero-order chi connectivity index (χ0) is 13.1. The van der Waals surface area contributed by atoms with Crippen LogP contribution in [0.2, 0.25) is 0 Å². The van der Waals surface area contributed by atoms with Crippen molar-refractivity contribution in [1.82, 2.24) is 0 Å². The Hall–Kier alpha value is -0.350. The lowest BCUT2D eigenvalue weighted by atomic mass is 9.76. The van der Waals surface area contributed by atoms with Crippen LogP contribution in [-0.2, 0) is 11.2 Å². The summed E-state index contributed by atoms with van der Waals surface area (Å²) in [5, 5.41) is 9.35. The SMILES string of the molecule is O=C(O)[C@@H]1C[C@H](Br)[C@@H](Br)C[C@H]1Cc1ccccc1. The van der Waals surface area contributed by atoms with E-state index in [0.717, 1.165) is 12.8 Å². The molecule has 0 saturated heterocycles. The van der Waals surface area contributed by atoms with E-state index in [1.165, 1.54) is 5.56 Å². The Balaban J connectivity index is 2.11. The van der Waals surface area contributed by atoms with Gasteiger partial charge in [-0.05, 0) is 30.7 Å². The van der Waals surface area contributed by atoms with Gasteiger partial charge in [0.1, 0.15) is 0 Å². The summed E-state index contributed by atoms with van der Waals surface area (Å²) in [5.74, 6) is -0.703. The molecule has 0 radical (unpaired) electrons. The fourth-order valence-corrected chi connectivity index (χ4v) is 3.94. The lowest BCUT2D eigenvalue weighted by molar-refractivity contribution is -0.144. The lowest BCUT2D eigenvalue weighted by Crippen LogP contribution is -2.37. The van der Waals surface area contributed by atoms with Gasteiger partial charge in [-0.1, -0.05) is 62.2 Å². The topological polar surface area (TPSA) is 37.3 Å². The average molecular weight is 376 g/mol. The van der Waals surface area contributed by atoms with Crippen LogP contribution in [0.5, 0.6) is 0 Å². The van der Waals surface area contributed by atoms with Crippen molar-refractivity contribution in [3.05, 3.63) is 35.9 Å². The van der Waals surface area contributed by atoms with E-state index < -0.39 is 5.97 Å². The maximum absolute atomic E-state index is 11.4. The summed E-state index contributed by atoms with van der Waals surface area (Å²) in [6, 6.07) is 10.1. The van der Waals surface area contributed by atoms with Gasteiger partial charge < -0.3 is 5.11 Å². The molecule has 0 spiro atoms. The van der Waals surface area contributed by atoms with E-state index >= 15 is 0 Å². The summed E-state index contributed by atoms with van der Waals surface area (Å²) < 4.78 is 0. The van der Waals surface area contributed by atoms with Crippen LogP contribution in [0.4, 0.5) is 0 Å². The van der Waals surface area contributed by atoms with E-state index in [2.05, 4.69) is 44.0 Å². The molecule has 1 aliphatic carbocycles. The van der Waals surface area contributed by atoms with Crippen LogP contribution in [0, 0.1) is 11.8 Å². The number of aliphatic carboxylic acids is 1. The highest BCUT2D eigenvalue weighted by molar-refractivity contribution is 9.12. The molecule has 18 heavy (non-hydrogen) atoms. The van der Waals surface area contributed by atoms with Crippen molar-refractivity contribution in [2.75, 3.05) is 0 Å². The third-order valence-corrected chi connectivity index (χ3v) is 6.36. The molecule has 4 atom stereocenters. The van der Waals surface area contributed by atoms with Crippen molar-refractivity contribution in [2.24, 2.45) is 11.8 Å². The summed E-state index contributed by atoms with van der Waals surface area (Å²) in [4.78, 5) is 12.0. The first-order valence-corrected chi connectivity index (χ1v) is 7.96. The molecule has 0 bridgehead atoms. The van der Waals surface area contributed by atoms with Gasteiger partial charge in [0.2, 0.25) is 0 Å². The smallest absolute Gasteiger partial charge is 0.306 e. The molecule has 2 rings (SSSR count). The zero-order valence-electron chi connectivity index (χ0n) is 9.93. The number of hydrogen-bond donors (Lipinski definition) is 1. The van der Waals surface area contributed by atoms with Crippen molar-refractivity contribution >= 4 is 37.8 Å². The Labute approximate surface area is 124 Å². The highest BCUT2D eigenvalue weighted by atomic mass is 79.9. The number of rotatable bonds is 3. The number of carboxylic acid groups (broad SMARTS) is 1. The maximum Gasteiger partial charge on any atom is 0.306 e. The average Bonchev–Trinajstić information content (AvgIpc) is 2.34. The van der Waals surface area contributed by atoms with Gasteiger partial charge in [0.15, 0.2) is 0 Å². The normalized spacial score (nSPS) is 32.1. The van der Waals surface area contributed by atoms with Gasteiger partial charge in [-0.3, -0.25) is 4.79 Å². The minimum Gasteiger partial charge on any atom is -0.481 e. The van der Waals surface area contributed by atoms with Crippen LogP contribution in [0.1, 0.15) is 18.4 Å². The Morgan fingerprint density at radius 3 is 2.39 bits per heavy atom. The van der Waals surface area contributed by atoms with Gasteiger partial charge in [-0.15, -0.1) is 0 Å². The number of benzene rings is 1. The number of hydrogen-bond acceptors (Lipinski definition) is 1. The van der Waals surface area contributed by atoms with Crippen LogP contribution in [-0.4, -0.2) is 20.7 Å². The van der Waals surface area contributed by atoms with E-state index in [-0.39, 0.29) is 16.7 Å². The standard InChI is InChI=1S/C14H16Br2O2/c15-12-7-10(6-9-4-2-1-3-5-9)11(14(17)18)8-13(12)16/h1-5,10-13H,6-8H2,(H,17,18)/t10-,11-,12+,13+/m1/s1. The van der Waals surface area contributed by atoms with Gasteiger partial charge in [0.25, 0.3) is 0 Å². The number of carbonyl (C=O) groups is 1. The Kier molecular flexibility index (Phi) is 4.84. The van der Waals surface area contributed by atoms with Crippen molar-refractivity contribution in [3.8, 4) is 0 Å². The second kappa shape index (κ2) is 6.20. The molecule has 1 saturated carbocycles. The van der Waals surface area contributed by atoms with E-state index in [0.29, 0.717) is 11.2 Å². The molecule has 0 amide bonds. The zero-order valence-corrected chi connectivity index (χ0v) is 13.1.